The molecule has 0 radical (unpaired) electrons. The number of ketones is 1. The van der Waals surface area contributed by atoms with E-state index in [1.54, 1.807) is 26.0 Å². The second-order valence-corrected chi connectivity index (χ2v) is 6.76. The van der Waals surface area contributed by atoms with Crippen LogP contribution in [0.5, 0.6) is 0 Å². The standard InChI is InChI=1S/C19H16BrN3O5/c1-3-27-18(25)14-8-12(9-23(14)19(21)26)17(24)15-10(2)28-22-16(15)11-4-6-13(20)7-5-11/h4-9H,3H2,1-2H3,(H2,21,26). The van der Waals surface area contributed by atoms with E-state index in [1.807, 2.05) is 12.1 Å². The summed E-state index contributed by atoms with van der Waals surface area (Å²) in [5.74, 6) is -0.898. The average Bonchev–Trinajstić information content (AvgIpc) is 3.26. The van der Waals surface area contributed by atoms with Crippen molar-refractivity contribution in [2.75, 3.05) is 6.61 Å². The number of esters is 1. The highest BCUT2D eigenvalue weighted by Gasteiger charge is 2.27. The highest BCUT2D eigenvalue weighted by molar-refractivity contribution is 9.10. The van der Waals surface area contributed by atoms with Crippen LogP contribution in [0.2, 0.25) is 0 Å². The van der Waals surface area contributed by atoms with E-state index in [1.165, 1.54) is 12.3 Å². The summed E-state index contributed by atoms with van der Waals surface area (Å²) >= 11 is 3.36. The number of aromatic nitrogens is 2. The number of carbonyl (C=O) groups excluding carboxylic acids is 3. The Balaban J connectivity index is 2.07. The van der Waals surface area contributed by atoms with Crippen molar-refractivity contribution >= 4 is 33.7 Å². The zero-order valence-electron chi connectivity index (χ0n) is 15.1. The lowest BCUT2D eigenvalue weighted by atomic mass is 10.00. The molecule has 3 aromatic rings. The van der Waals surface area contributed by atoms with Crippen LogP contribution < -0.4 is 5.73 Å². The van der Waals surface area contributed by atoms with Crippen molar-refractivity contribution in [3.8, 4) is 11.3 Å². The number of amides is 1. The van der Waals surface area contributed by atoms with E-state index in [4.69, 9.17) is 15.0 Å². The molecule has 8 nitrogen and oxygen atoms in total. The summed E-state index contributed by atoms with van der Waals surface area (Å²) in [5, 5.41) is 3.99. The van der Waals surface area contributed by atoms with Crippen molar-refractivity contribution in [3.63, 3.8) is 0 Å². The van der Waals surface area contributed by atoms with Gasteiger partial charge in [-0.1, -0.05) is 33.2 Å². The first-order valence-corrected chi connectivity index (χ1v) is 9.09. The zero-order chi connectivity index (χ0) is 20.4. The number of hydrogen-bond acceptors (Lipinski definition) is 6. The van der Waals surface area contributed by atoms with Gasteiger partial charge >= 0.3 is 12.0 Å². The number of rotatable bonds is 5. The zero-order valence-corrected chi connectivity index (χ0v) is 16.6. The van der Waals surface area contributed by atoms with Crippen LogP contribution in [0.25, 0.3) is 11.3 Å². The van der Waals surface area contributed by atoms with Gasteiger partial charge in [-0.2, -0.15) is 0 Å². The SMILES string of the molecule is CCOC(=O)c1cc(C(=O)c2c(-c3ccc(Br)cc3)noc2C)cn1C(N)=O. The Hall–Kier alpha value is -3.20. The Morgan fingerprint density at radius 3 is 2.54 bits per heavy atom. The van der Waals surface area contributed by atoms with E-state index < -0.39 is 17.8 Å². The van der Waals surface area contributed by atoms with Gasteiger partial charge < -0.3 is 15.0 Å². The monoisotopic (exact) mass is 445 g/mol. The first-order chi connectivity index (χ1) is 13.3. The molecule has 1 aromatic carbocycles. The van der Waals surface area contributed by atoms with Crippen molar-refractivity contribution in [2.45, 2.75) is 13.8 Å². The summed E-state index contributed by atoms with van der Waals surface area (Å²) in [4.78, 5) is 36.9. The molecule has 0 aliphatic carbocycles. The molecule has 0 bridgehead atoms. The maximum atomic E-state index is 13.1. The predicted molar refractivity (Wildman–Crippen MR) is 103 cm³/mol. The van der Waals surface area contributed by atoms with Crippen molar-refractivity contribution in [1.82, 2.24) is 9.72 Å². The van der Waals surface area contributed by atoms with E-state index in [9.17, 15) is 14.4 Å². The molecular weight excluding hydrogens is 430 g/mol. The van der Waals surface area contributed by atoms with E-state index in [0.717, 1.165) is 9.04 Å². The maximum Gasteiger partial charge on any atom is 0.355 e. The molecule has 3 rings (SSSR count). The summed E-state index contributed by atoms with van der Waals surface area (Å²) in [6, 6.07) is 7.57. The van der Waals surface area contributed by atoms with Gasteiger partial charge in [-0.3, -0.25) is 9.36 Å². The highest BCUT2D eigenvalue weighted by atomic mass is 79.9. The van der Waals surface area contributed by atoms with Gasteiger partial charge in [0.15, 0.2) is 5.78 Å². The predicted octanol–water partition coefficient (Wildman–Crippen LogP) is 3.55. The van der Waals surface area contributed by atoms with Gasteiger partial charge in [0.2, 0.25) is 0 Å². The van der Waals surface area contributed by atoms with Crippen molar-refractivity contribution in [3.05, 3.63) is 63.6 Å². The number of primary amides is 1. The summed E-state index contributed by atoms with van der Waals surface area (Å²) in [6.45, 7) is 3.36. The second-order valence-electron chi connectivity index (χ2n) is 5.84. The van der Waals surface area contributed by atoms with Gasteiger partial charge in [-0.25, -0.2) is 9.59 Å². The fourth-order valence-corrected chi connectivity index (χ4v) is 2.98. The minimum atomic E-state index is -0.905. The highest BCUT2D eigenvalue weighted by Crippen LogP contribution is 2.29. The van der Waals surface area contributed by atoms with Crippen LogP contribution in [0.15, 0.2) is 45.5 Å². The summed E-state index contributed by atoms with van der Waals surface area (Å²) in [7, 11) is 0. The fourth-order valence-electron chi connectivity index (χ4n) is 2.72. The smallest absolute Gasteiger partial charge is 0.355 e. The van der Waals surface area contributed by atoms with Gasteiger partial charge in [0.25, 0.3) is 0 Å². The quantitative estimate of drug-likeness (QED) is 0.473. The number of halogens is 1. The van der Waals surface area contributed by atoms with Crippen LogP contribution >= 0.6 is 15.9 Å². The molecule has 0 unspecified atom stereocenters. The third-order valence-electron chi connectivity index (χ3n) is 4.01. The van der Waals surface area contributed by atoms with Gasteiger partial charge in [0.05, 0.1) is 12.2 Å². The topological polar surface area (TPSA) is 117 Å². The van der Waals surface area contributed by atoms with E-state index in [2.05, 4.69) is 21.1 Å². The number of aryl methyl sites for hydroxylation is 1. The molecule has 0 saturated carbocycles. The summed E-state index contributed by atoms with van der Waals surface area (Å²) in [5.41, 5.74) is 6.56. The molecule has 2 heterocycles. The number of ether oxygens (including phenoxy) is 1. The lowest BCUT2D eigenvalue weighted by molar-refractivity contribution is 0.0516. The molecule has 1 amide bonds. The number of nitrogens with zero attached hydrogens (tertiary/aromatic N) is 2. The number of hydrogen-bond donors (Lipinski definition) is 1. The van der Waals surface area contributed by atoms with Crippen molar-refractivity contribution in [2.24, 2.45) is 5.73 Å². The Kier molecular flexibility index (Phi) is 5.46. The van der Waals surface area contributed by atoms with Crippen molar-refractivity contribution < 1.29 is 23.6 Å². The minimum Gasteiger partial charge on any atom is -0.461 e. The van der Waals surface area contributed by atoms with Gasteiger partial charge in [-0.05, 0) is 32.0 Å². The lowest BCUT2D eigenvalue weighted by Gasteiger charge is -2.03. The molecule has 28 heavy (non-hydrogen) atoms. The summed E-state index contributed by atoms with van der Waals surface area (Å²) in [6.07, 6.45) is 1.20. The molecule has 0 atom stereocenters. The summed E-state index contributed by atoms with van der Waals surface area (Å²) < 4.78 is 11.9. The van der Waals surface area contributed by atoms with E-state index in [0.29, 0.717) is 17.0 Å². The minimum absolute atomic E-state index is 0.0894. The largest absolute Gasteiger partial charge is 0.461 e. The van der Waals surface area contributed by atoms with E-state index in [-0.39, 0.29) is 23.4 Å². The Morgan fingerprint density at radius 1 is 1.25 bits per heavy atom. The Labute approximate surface area is 168 Å². The molecule has 0 aliphatic rings. The van der Waals surface area contributed by atoms with Gasteiger partial charge in [0, 0.05) is 21.8 Å². The van der Waals surface area contributed by atoms with Gasteiger partial charge in [-0.15, -0.1) is 0 Å². The molecular formula is C19H16BrN3O5. The number of benzene rings is 1. The molecule has 0 fully saturated rings. The molecule has 0 aliphatic heterocycles. The maximum absolute atomic E-state index is 13.1. The molecule has 2 aromatic heterocycles. The van der Waals surface area contributed by atoms with Gasteiger partial charge in [0.1, 0.15) is 17.1 Å². The van der Waals surface area contributed by atoms with Crippen molar-refractivity contribution in [1.29, 1.82) is 0 Å². The first kappa shape index (κ1) is 19.6. The third kappa shape index (κ3) is 3.61. The molecule has 9 heteroatoms. The van der Waals surface area contributed by atoms with Crippen LogP contribution in [-0.2, 0) is 4.74 Å². The normalized spacial score (nSPS) is 10.7. The molecule has 144 valence electrons. The van der Waals surface area contributed by atoms with Crippen LogP contribution in [0.3, 0.4) is 0 Å². The Bertz CT molecular complexity index is 1070. The average molecular weight is 446 g/mol. The van der Waals surface area contributed by atoms with Crippen LogP contribution in [0, 0.1) is 6.92 Å². The first-order valence-electron chi connectivity index (χ1n) is 8.29. The molecule has 2 N–H and O–H groups in total. The van der Waals surface area contributed by atoms with Crippen LogP contribution in [0.1, 0.15) is 39.1 Å². The van der Waals surface area contributed by atoms with E-state index >= 15 is 0 Å². The molecule has 0 spiro atoms. The Morgan fingerprint density at radius 2 is 1.93 bits per heavy atom. The lowest BCUT2D eigenvalue weighted by Crippen LogP contribution is -2.23. The molecule has 0 saturated heterocycles. The van der Waals surface area contributed by atoms with Crippen LogP contribution in [0.4, 0.5) is 4.79 Å². The van der Waals surface area contributed by atoms with Crippen LogP contribution in [-0.4, -0.2) is 34.1 Å². The fraction of sp³-hybridized carbons (Fsp3) is 0.158. The second kappa shape index (κ2) is 7.81. The third-order valence-corrected chi connectivity index (χ3v) is 4.54. The number of carbonyl (C=O) groups is 3. The number of nitrogens with two attached hydrogens (primary N) is 1.